The van der Waals surface area contributed by atoms with E-state index in [1.54, 1.807) is 30.0 Å². The highest BCUT2D eigenvalue weighted by Crippen LogP contribution is 2.13. The molecule has 6 heteroatoms. The molecule has 5 nitrogen and oxygen atoms in total. The van der Waals surface area contributed by atoms with Gasteiger partial charge in [0.25, 0.3) is 5.91 Å². The topological polar surface area (TPSA) is 55.2 Å². The second-order valence-corrected chi connectivity index (χ2v) is 5.65. The maximum Gasteiger partial charge on any atom is 0.278 e. The second-order valence-electron chi connectivity index (χ2n) is 5.65. The van der Waals surface area contributed by atoms with Crippen molar-refractivity contribution in [2.45, 2.75) is 33.6 Å². The lowest BCUT2D eigenvalue weighted by Crippen LogP contribution is -2.37. The molecule has 0 fully saturated rings. The zero-order valence-corrected chi connectivity index (χ0v) is 14.3. The maximum atomic E-state index is 14.1. The van der Waals surface area contributed by atoms with Crippen LogP contribution in [0.5, 0.6) is 0 Å². The number of para-hydroxylation sites is 1. The van der Waals surface area contributed by atoms with E-state index in [-0.39, 0.29) is 11.4 Å². The Morgan fingerprint density at radius 3 is 2.42 bits per heavy atom. The summed E-state index contributed by atoms with van der Waals surface area (Å²) in [5.41, 5.74) is 0.0637. The van der Waals surface area contributed by atoms with Crippen LogP contribution in [0.1, 0.15) is 42.9 Å². The fourth-order valence-electron chi connectivity index (χ4n) is 2.57. The molecule has 2 aromatic rings. The summed E-state index contributed by atoms with van der Waals surface area (Å²) in [6.45, 7) is 6.71. The highest BCUT2D eigenvalue weighted by atomic mass is 19.1. The molecule has 1 heterocycles. The lowest BCUT2D eigenvalue weighted by molar-refractivity contribution is 0.0746. The number of aromatic nitrogens is 2. The summed E-state index contributed by atoms with van der Waals surface area (Å²) >= 11 is 0. The maximum absolute atomic E-state index is 14.1. The Morgan fingerprint density at radius 1 is 1.21 bits per heavy atom. The summed E-state index contributed by atoms with van der Waals surface area (Å²) in [5, 5.41) is 4.16. The van der Waals surface area contributed by atoms with Crippen LogP contribution in [0.4, 0.5) is 4.39 Å². The normalized spacial score (nSPS) is 10.7. The van der Waals surface area contributed by atoms with Crippen LogP contribution in [0.3, 0.4) is 0 Å². The molecule has 0 aliphatic rings. The first-order chi connectivity index (χ1) is 11.5. The largest absolute Gasteiger partial charge is 0.337 e. The number of halogens is 1. The van der Waals surface area contributed by atoms with Crippen molar-refractivity contribution in [3.63, 3.8) is 0 Å². The van der Waals surface area contributed by atoms with Gasteiger partial charge in [-0.15, -0.1) is 0 Å². The Hall–Kier alpha value is -2.50. The van der Waals surface area contributed by atoms with E-state index in [0.717, 1.165) is 12.8 Å². The van der Waals surface area contributed by atoms with Gasteiger partial charge >= 0.3 is 0 Å². The molecule has 0 radical (unpaired) electrons. The first-order valence-corrected chi connectivity index (χ1v) is 8.14. The highest BCUT2D eigenvalue weighted by Gasteiger charge is 2.21. The van der Waals surface area contributed by atoms with Crippen molar-refractivity contribution in [2.75, 3.05) is 13.1 Å². The average molecular weight is 331 g/mol. The minimum Gasteiger partial charge on any atom is -0.337 e. The molecule has 0 atom stereocenters. The van der Waals surface area contributed by atoms with E-state index in [1.165, 1.54) is 16.8 Å². The third kappa shape index (κ3) is 3.69. The molecule has 0 aliphatic carbocycles. The number of amides is 1. The lowest BCUT2D eigenvalue weighted by atomic mass is 10.2. The van der Waals surface area contributed by atoms with E-state index < -0.39 is 17.2 Å². The van der Waals surface area contributed by atoms with E-state index in [0.29, 0.717) is 18.8 Å². The number of carbonyl (C=O) groups excluding carboxylic acids is 1. The zero-order valence-electron chi connectivity index (χ0n) is 14.3. The summed E-state index contributed by atoms with van der Waals surface area (Å²) in [7, 11) is 0. The van der Waals surface area contributed by atoms with Gasteiger partial charge in [0.15, 0.2) is 5.69 Å². The molecule has 0 saturated heterocycles. The standard InChI is InChI=1S/C18H22FN3O2/c1-4-10-21(11-5-2)18(24)17-16(23)12-13(3)22(20-17)15-9-7-6-8-14(15)19/h6-9,12H,4-5,10-11H2,1-3H3. The molecule has 1 aromatic carbocycles. The number of carbonyl (C=O) groups is 1. The minimum atomic E-state index is -0.464. The van der Waals surface area contributed by atoms with Crippen LogP contribution in [-0.4, -0.2) is 33.7 Å². The Morgan fingerprint density at radius 2 is 1.83 bits per heavy atom. The van der Waals surface area contributed by atoms with Crippen molar-refractivity contribution in [1.82, 2.24) is 14.7 Å². The third-order valence-electron chi connectivity index (χ3n) is 3.66. The van der Waals surface area contributed by atoms with E-state index in [2.05, 4.69) is 5.10 Å². The van der Waals surface area contributed by atoms with Gasteiger partial charge in [0.1, 0.15) is 11.5 Å². The number of rotatable bonds is 6. The van der Waals surface area contributed by atoms with E-state index in [4.69, 9.17) is 0 Å². The average Bonchev–Trinajstić information content (AvgIpc) is 2.55. The van der Waals surface area contributed by atoms with Crippen LogP contribution >= 0.6 is 0 Å². The molecule has 2 rings (SSSR count). The molecule has 1 aromatic heterocycles. The summed E-state index contributed by atoms with van der Waals surface area (Å²) < 4.78 is 15.4. The predicted molar refractivity (Wildman–Crippen MR) is 91.0 cm³/mol. The highest BCUT2D eigenvalue weighted by molar-refractivity contribution is 5.92. The molecule has 0 N–H and O–H groups in total. The van der Waals surface area contributed by atoms with Gasteiger partial charge in [-0.25, -0.2) is 9.07 Å². The zero-order chi connectivity index (χ0) is 17.7. The minimum absolute atomic E-state index is 0.175. The number of hydrogen-bond donors (Lipinski definition) is 0. The molecule has 128 valence electrons. The number of benzene rings is 1. The molecule has 24 heavy (non-hydrogen) atoms. The molecule has 0 saturated carbocycles. The van der Waals surface area contributed by atoms with Crippen LogP contribution < -0.4 is 5.43 Å². The predicted octanol–water partition coefficient (Wildman–Crippen LogP) is 2.94. The van der Waals surface area contributed by atoms with E-state index in [1.807, 2.05) is 13.8 Å². The fourth-order valence-corrected chi connectivity index (χ4v) is 2.57. The monoisotopic (exact) mass is 331 g/mol. The van der Waals surface area contributed by atoms with Gasteiger partial charge in [0.2, 0.25) is 5.43 Å². The van der Waals surface area contributed by atoms with Crippen molar-refractivity contribution < 1.29 is 9.18 Å². The summed E-state index contributed by atoms with van der Waals surface area (Å²) in [5.74, 6) is -0.872. The summed E-state index contributed by atoms with van der Waals surface area (Å²) in [6, 6.07) is 7.45. The van der Waals surface area contributed by atoms with Gasteiger partial charge in [-0.2, -0.15) is 5.10 Å². The fraction of sp³-hybridized carbons (Fsp3) is 0.389. The molecular formula is C18H22FN3O2. The number of nitrogens with zero attached hydrogens (tertiary/aromatic N) is 3. The molecular weight excluding hydrogens is 309 g/mol. The Balaban J connectivity index is 2.52. The molecule has 0 bridgehead atoms. The van der Waals surface area contributed by atoms with Crippen LogP contribution in [-0.2, 0) is 0 Å². The quantitative estimate of drug-likeness (QED) is 0.818. The van der Waals surface area contributed by atoms with E-state index >= 15 is 0 Å². The van der Waals surface area contributed by atoms with Gasteiger partial charge in [-0.3, -0.25) is 9.59 Å². The van der Waals surface area contributed by atoms with Crippen molar-refractivity contribution in [3.05, 3.63) is 57.8 Å². The van der Waals surface area contributed by atoms with Crippen LogP contribution in [0.15, 0.2) is 35.1 Å². The van der Waals surface area contributed by atoms with E-state index in [9.17, 15) is 14.0 Å². The van der Waals surface area contributed by atoms with Crippen molar-refractivity contribution in [1.29, 1.82) is 0 Å². The first kappa shape index (κ1) is 17.8. The third-order valence-corrected chi connectivity index (χ3v) is 3.66. The molecule has 0 spiro atoms. The molecule has 0 unspecified atom stereocenters. The van der Waals surface area contributed by atoms with Gasteiger partial charge < -0.3 is 4.90 Å². The number of aryl methyl sites for hydroxylation is 1. The Labute approximate surface area is 140 Å². The van der Waals surface area contributed by atoms with Gasteiger partial charge in [0.05, 0.1) is 0 Å². The van der Waals surface area contributed by atoms with Crippen molar-refractivity contribution in [2.24, 2.45) is 0 Å². The van der Waals surface area contributed by atoms with Crippen LogP contribution in [0.25, 0.3) is 5.69 Å². The Bertz CT molecular complexity index is 780. The van der Waals surface area contributed by atoms with Crippen molar-refractivity contribution in [3.8, 4) is 5.69 Å². The Kier molecular flexibility index (Phi) is 5.84. The van der Waals surface area contributed by atoms with Crippen LogP contribution in [0, 0.1) is 12.7 Å². The van der Waals surface area contributed by atoms with Gasteiger partial charge in [0, 0.05) is 24.8 Å². The first-order valence-electron chi connectivity index (χ1n) is 8.14. The smallest absolute Gasteiger partial charge is 0.278 e. The SMILES string of the molecule is CCCN(CCC)C(=O)c1nn(-c2ccccc2F)c(C)cc1=O. The summed E-state index contributed by atoms with van der Waals surface area (Å²) in [4.78, 5) is 26.5. The van der Waals surface area contributed by atoms with Crippen molar-refractivity contribution >= 4 is 5.91 Å². The van der Waals surface area contributed by atoms with Gasteiger partial charge in [-0.05, 0) is 31.9 Å². The molecule has 1 amide bonds. The molecule has 0 aliphatic heterocycles. The summed E-state index contributed by atoms with van der Waals surface area (Å²) in [6.07, 6.45) is 1.58. The second kappa shape index (κ2) is 7.86. The lowest BCUT2D eigenvalue weighted by Gasteiger charge is -2.21. The van der Waals surface area contributed by atoms with Crippen LogP contribution in [0.2, 0.25) is 0 Å². The van der Waals surface area contributed by atoms with Gasteiger partial charge in [-0.1, -0.05) is 26.0 Å². The number of hydrogen-bond acceptors (Lipinski definition) is 3.